The molecule has 2 rings (SSSR count). The van der Waals surface area contributed by atoms with Crippen molar-refractivity contribution in [3.8, 4) is 0 Å². The molecule has 90 valence electrons. The van der Waals surface area contributed by atoms with Crippen molar-refractivity contribution < 1.29 is 5.11 Å². The summed E-state index contributed by atoms with van der Waals surface area (Å²) >= 11 is 1.61. The molecule has 1 heterocycles. The molecule has 1 aromatic carbocycles. The molecule has 1 N–H and O–H groups in total. The van der Waals surface area contributed by atoms with E-state index in [1.54, 1.807) is 11.3 Å². The van der Waals surface area contributed by atoms with E-state index in [-0.39, 0.29) is 0 Å². The lowest BCUT2D eigenvalue weighted by Gasteiger charge is -2.24. The smallest absolute Gasteiger partial charge is 0.121 e. The monoisotopic (exact) mass is 246 g/mol. The van der Waals surface area contributed by atoms with E-state index in [2.05, 4.69) is 38.1 Å². The van der Waals surface area contributed by atoms with Gasteiger partial charge in [0.25, 0.3) is 0 Å². The van der Waals surface area contributed by atoms with E-state index in [1.807, 2.05) is 19.2 Å². The van der Waals surface area contributed by atoms with E-state index < -0.39 is 5.60 Å². The first-order valence-corrected chi connectivity index (χ1v) is 6.65. The maximum atomic E-state index is 10.8. The van der Waals surface area contributed by atoms with Crippen LogP contribution in [-0.4, -0.2) is 5.11 Å². The summed E-state index contributed by atoms with van der Waals surface area (Å²) in [7, 11) is 0. The first-order valence-electron chi connectivity index (χ1n) is 5.77. The molecular formula is C15H18OS. The van der Waals surface area contributed by atoms with Crippen molar-refractivity contribution in [3.63, 3.8) is 0 Å². The molecule has 0 radical (unpaired) electrons. The standard InChI is InChI=1S/C15H18OS/c1-10-7-11(2)9-13(8-10)15(4,16)14-12(3)5-6-17-14/h5-9,16H,1-4H3. The van der Waals surface area contributed by atoms with E-state index >= 15 is 0 Å². The minimum atomic E-state index is -0.894. The lowest BCUT2D eigenvalue weighted by atomic mass is 9.90. The molecule has 0 bridgehead atoms. The average molecular weight is 246 g/mol. The molecule has 1 aromatic heterocycles. The van der Waals surface area contributed by atoms with Crippen LogP contribution < -0.4 is 0 Å². The fraction of sp³-hybridized carbons (Fsp3) is 0.333. The SMILES string of the molecule is Cc1cc(C)cc(C(C)(O)c2sccc2C)c1. The molecule has 0 aliphatic heterocycles. The largest absolute Gasteiger partial charge is 0.380 e. The number of aryl methyl sites for hydroxylation is 3. The van der Waals surface area contributed by atoms with Gasteiger partial charge in [0.05, 0.1) is 0 Å². The van der Waals surface area contributed by atoms with Crippen LogP contribution in [0.15, 0.2) is 29.6 Å². The molecule has 0 aliphatic rings. The predicted molar refractivity (Wildman–Crippen MR) is 73.6 cm³/mol. The topological polar surface area (TPSA) is 20.2 Å². The minimum Gasteiger partial charge on any atom is -0.380 e. The zero-order chi connectivity index (χ0) is 12.6. The second-order valence-electron chi connectivity index (χ2n) is 4.88. The summed E-state index contributed by atoms with van der Waals surface area (Å²) in [6.07, 6.45) is 0. The molecule has 0 amide bonds. The van der Waals surface area contributed by atoms with Gasteiger partial charge in [-0.15, -0.1) is 11.3 Å². The van der Waals surface area contributed by atoms with Crippen LogP contribution in [0.25, 0.3) is 0 Å². The molecule has 1 atom stereocenters. The normalized spacial score (nSPS) is 14.6. The summed E-state index contributed by atoms with van der Waals surface area (Å²) in [4.78, 5) is 1.03. The van der Waals surface area contributed by atoms with Gasteiger partial charge in [-0.3, -0.25) is 0 Å². The number of thiophene rings is 1. The summed E-state index contributed by atoms with van der Waals surface area (Å²) in [6.45, 7) is 8.05. The van der Waals surface area contributed by atoms with Crippen LogP contribution >= 0.6 is 11.3 Å². The van der Waals surface area contributed by atoms with E-state index in [0.717, 1.165) is 16.0 Å². The van der Waals surface area contributed by atoms with Gasteiger partial charge in [-0.05, 0) is 50.3 Å². The number of rotatable bonds is 2. The van der Waals surface area contributed by atoms with Gasteiger partial charge >= 0.3 is 0 Å². The van der Waals surface area contributed by atoms with Gasteiger partial charge in [-0.25, -0.2) is 0 Å². The van der Waals surface area contributed by atoms with Gasteiger partial charge < -0.3 is 5.11 Å². The van der Waals surface area contributed by atoms with E-state index in [9.17, 15) is 5.11 Å². The first-order chi connectivity index (χ1) is 7.91. The molecule has 0 aliphatic carbocycles. The van der Waals surface area contributed by atoms with Crippen molar-refractivity contribution in [2.45, 2.75) is 33.3 Å². The van der Waals surface area contributed by atoms with Crippen molar-refractivity contribution in [1.82, 2.24) is 0 Å². The van der Waals surface area contributed by atoms with Crippen molar-refractivity contribution in [1.29, 1.82) is 0 Å². The van der Waals surface area contributed by atoms with Crippen LogP contribution in [0, 0.1) is 20.8 Å². The zero-order valence-electron chi connectivity index (χ0n) is 10.7. The number of benzene rings is 1. The number of hydrogen-bond acceptors (Lipinski definition) is 2. The number of aliphatic hydroxyl groups is 1. The summed E-state index contributed by atoms with van der Waals surface area (Å²) < 4.78 is 0. The molecule has 0 fully saturated rings. The molecule has 2 aromatic rings. The highest BCUT2D eigenvalue weighted by Gasteiger charge is 2.28. The Balaban J connectivity index is 2.55. The maximum absolute atomic E-state index is 10.8. The van der Waals surface area contributed by atoms with Gasteiger partial charge in [0, 0.05) is 4.88 Å². The van der Waals surface area contributed by atoms with Gasteiger partial charge in [0.15, 0.2) is 0 Å². The molecule has 1 unspecified atom stereocenters. The highest BCUT2D eigenvalue weighted by molar-refractivity contribution is 7.10. The zero-order valence-corrected chi connectivity index (χ0v) is 11.6. The van der Waals surface area contributed by atoms with Crippen LogP contribution in [0.5, 0.6) is 0 Å². The Bertz CT molecular complexity index is 517. The van der Waals surface area contributed by atoms with Crippen molar-refractivity contribution in [2.24, 2.45) is 0 Å². The highest BCUT2D eigenvalue weighted by atomic mass is 32.1. The fourth-order valence-electron chi connectivity index (χ4n) is 2.26. The molecule has 0 saturated carbocycles. The summed E-state index contributed by atoms with van der Waals surface area (Å²) in [5.74, 6) is 0. The van der Waals surface area contributed by atoms with Crippen LogP contribution in [0.1, 0.15) is 34.1 Å². The Morgan fingerprint density at radius 1 is 1.06 bits per heavy atom. The Morgan fingerprint density at radius 3 is 2.12 bits per heavy atom. The van der Waals surface area contributed by atoms with Crippen LogP contribution in [0.2, 0.25) is 0 Å². The third-order valence-corrected chi connectivity index (χ3v) is 4.32. The summed E-state index contributed by atoms with van der Waals surface area (Å²) in [5.41, 5.74) is 3.61. The van der Waals surface area contributed by atoms with Crippen molar-refractivity contribution >= 4 is 11.3 Å². The van der Waals surface area contributed by atoms with E-state index in [4.69, 9.17) is 0 Å². The summed E-state index contributed by atoms with van der Waals surface area (Å²) in [5, 5.41) is 12.8. The average Bonchev–Trinajstić information content (AvgIpc) is 2.63. The van der Waals surface area contributed by atoms with E-state index in [1.165, 1.54) is 11.1 Å². The second-order valence-corrected chi connectivity index (χ2v) is 5.80. The molecule has 1 nitrogen and oxygen atoms in total. The fourth-order valence-corrected chi connectivity index (χ4v) is 3.27. The lowest BCUT2D eigenvalue weighted by molar-refractivity contribution is 0.105. The molecule has 0 saturated heterocycles. The molecule has 17 heavy (non-hydrogen) atoms. The third kappa shape index (κ3) is 2.28. The predicted octanol–water partition coefficient (Wildman–Crippen LogP) is 3.93. The van der Waals surface area contributed by atoms with Gasteiger partial charge in [-0.1, -0.05) is 29.3 Å². The molecule has 0 spiro atoms. The maximum Gasteiger partial charge on any atom is 0.121 e. The van der Waals surface area contributed by atoms with Crippen LogP contribution in [0.4, 0.5) is 0 Å². The van der Waals surface area contributed by atoms with Crippen molar-refractivity contribution in [3.05, 3.63) is 56.8 Å². The van der Waals surface area contributed by atoms with Gasteiger partial charge in [-0.2, -0.15) is 0 Å². The highest BCUT2D eigenvalue weighted by Crippen LogP contribution is 2.35. The number of hydrogen-bond donors (Lipinski definition) is 1. The Morgan fingerprint density at radius 2 is 1.65 bits per heavy atom. The Labute approximate surface area is 107 Å². The minimum absolute atomic E-state index is 0.894. The van der Waals surface area contributed by atoms with E-state index in [0.29, 0.717) is 0 Å². The van der Waals surface area contributed by atoms with Gasteiger partial charge in [0.1, 0.15) is 5.60 Å². The van der Waals surface area contributed by atoms with Crippen molar-refractivity contribution in [2.75, 3.05) is 0 Å². The third-order valence-electron chi connectivity index (χ3n) is 3.09. The Kier molecular flexibility index (Phi) is 3.11. The van der Waals surface area contributed by atoms with Crippen LogP contribution in [-0.2, 0) is 5.60 Å². The second kappa shape index (κ2) is 4.28. The quantitative estimate of drug-likeness (QED) is 0.851. The first kappa shape index (κ1) is 12.3. The summed E-state index contributed by atoms with van der Waals surface area (Å²) in [6, 6.07) is 8.30. The molecule has 2 heteroatoms. The molecular weight excluding hydrogens is 228 g/mol. The van der Waals surface area contributed by atoms with Gasteiger partial charge in [0.2, 0.25) is 0 Å². The lowest BCUT2D eigenvalue weighted by Crippen LogP contribution is -2.22. The Hall–Kier alpha value is -1.12. The van der Waals surface area contributed by atoms with Crippen LogP contribution in [0.3, 0.4) is 0 Å².